The van der Waals surface area contributed by atoms with E-state index in [4.69, 9.17) is 51.9 Å². The lowest BCUT2D eigenvalue weighted by Crippen LogP contribution is -2.04. The summed E-state index contributed by atoms with van der Waals surface area (Å²) >= 11 is 21.5. The zero-order chi connectivity index (χ0) is 30.9. The lowest BCUT2D eigenvalue weighted by Gasteiger charge is -1.99. The first-order chi connectivity index (χ1) is 18.4. The quantitative estimate of drug-likeness (QED) is 0.133. The standard InChI is InChI=1S/C5H5Br2N3.C5H5Cl2N3.C5H5F2N3.C4H4I2N4.CH4/c3*1-2-5(8)10-4(7)3(6)9-2;5-1-2(6)10-4(8)3(7)9-1;/h3*1H3,(H2,8,10);(H2,7,9)(H2,8,10);1H4. The zero-order valence-electron chi connectivity index (χ0n) is 20.5. The van der Waals surface area contributed by atoms with Gasteiger partial charge in [0.25, 0.3) is 11.9 Å². The number of hydrogen-bond donors (Lipinski definition) is 5. The van der Waals surface area contributed by atoms with Crippen molar-refractivity contribution in [3.05, 3.63) is 55.9 Å². The molecule has 13 nitrogen and oxygen atoms in total. The van der Waals surface area contributed by atoms with Gasteiger partial charge in [0.05, 0.1) is 17.1 Å². The fraction of sp³-hybridized carbons (Fsp3) is 0.200. The van der Waals surface area contributed by atoms with Crippen molar-refractivity contribution in [1.29, 1.82) is 0 Å². The number of aromatic nitrogens is 8. The molecule has 0 aliphatic rings. The minimum absolute atomic E-state index is 0. The number of halogens is 8. The molecule has 21 heteroatoms. The van der Waals surface area contributed by atoms with E-state index in [0.29, 0.717) is 38.2 Å². The van der Waals surface area contributed by atoms with E-state index in [1.54, 1.807) is 13.8 Å². The maximum Gasteiger partial charge on any atom is 0.270 e. The van der Waals surface area contributed by atoms with E-state index in [9.17, 15) is 8.78 Å². The van der Waals surface area contributed by atoms with Gasteiger partial charge in [-0.1, -0.05) is 30.6 Å². The molecule has 4 aromatic rings. The predicted molar refractivity (Wildman–Crippen MR) is 182 cm³/mol. The number of nitrogens with two attached hydrogens (primary N) is 5. The molecule has 0 spiro atoms. The number of hydrogen-bond acceptors (Lipinski definition) is 13. The average Bonchev–Trinajstić information content (AvgIpc) is 2.85. The maximum absolute atomic E-state index is 12.2. The van der Waals surface area contributed by atoms with Crippen molar-refractivity contribution >= 4 is 129 Å². The Labute approximate surface area is 288 Å². The van der Waals surface area contributed by atoms with Crippen LogP contribution in [-0.4, -0.2) is 39.9 Å². The lowest BCUT2D eigenvalue weighted by molar-refractivity contribution is 0.451. The normalized spacial score (nSPS) is 9.63. The number of anilines is 5. The molecule has 0 fully saturated rings. The average molecular weight is 968 g/mol. The van der Waals surface area contributed by atoms with E-state index in [2.05, 4.69) is 71.7 Å². The van der Waals surface area contributed by atoms with Crippen molar-refractivity contribution in [3.63, 3.8) is 0 Å². The maximum atomic E-state index is 12.2. The van der Waals surface area contributed by atoms with Crippen LogP contribution in [0, 0.1) is 40.1 Å². The fourth-order valence-corrected chi connectivity index (χ4v) is 3.57. The van der Waals surface area contributed by atoms with Gasteiger partial charge in [0.1, 0.15) is 34.1 Å². The third-order valence-corrected chi connectivity index (χ3v) is 8.74. The van der Waals surface area contributed by atoms with Crippen molar-refractivity contribution in [1.82, 2.24) is 39.9 Å². The van der Waals surface area contributed by atoms with Crippen LogP contribution < -0.4 is 28.7 Å². The van der Waals surface area contributed by atoms with Gasteiger partial charge in [-0.2, -0.15) is 13.8 Å². The van der Waals surface area contributed by atoms with E-state index in [1.807, 2.05) is 45.2 Å². The second kappa shape index (κ2) is 18.0. The molecule has 10 N–H and O–H groups in total. The Morgan fingerprint density at radius 3 is 1.32 bits per heavy atom. The molecule has 4 heterocycles. The van der Waals surface area contributed by atoms with Gasteiger partial charge in [0, 0.05) is 0 Å². The van der Waals surface area contributed by atoms with Crippen molar-refractivity contribution in [2.75, 3.05) is 28.7 Å². The van der Waals surface area contributed by atoms with Crippen LogP contribution in [0.3, 0.4) is 0 Å². The SMILES string of the molecule is C.Cc1nc(Br)c(Br)nc1N.Cc1nc(Cl)c(Cl)nc1N.Cc1nc(F)c(F)nc1N.Nc1nc(I)c(I)nc1N. The van der Waals surface area contributed by atoms with E-state index in [0.717, 1.165) is 13.1 Å². The van der Waals surface area contributed by atoms with Crippen molar-refractivity contribution < 1.29 is 8.78 Å². The van der Waals surface area contributed by atoms with Crippen molar-refractivity contribution in [3.8, 4) is 0 Å². The molecule has 224 valence electrons. The molecule has 0 unspecified atom stereocenters. The van der Waals surface area contributed by atoms with Gasteiger partial charge in [0.2, 0.25) is 0 Å². The van der Waals surface area contributed by atoms with Crippen LogP contribution in [-0.2, 0) is 0 Å². The van der Waals surface area contributed by atoms with Gasteiger partial charge in [-0.3, -0.25) is 0 Å². The highest BCUT2D eigenvalue weighted by atomic mass is 127. The Balaban J connectivity index is 0.000000516. The molecule has 0 aliphatic carbocycles. The minimum Gasteiger partial charge on any atom is -0.382 e. The summed E-state index contributed by atoms with van der Waals surface area (Å²) in [5, 5.41) is 0.332. The molecule has 4 aromatic heterocycles. The molecule has 0 amide bonds. The van der Waals surface area contributed by atoms with Crippen LogP contribution in [0.15, 0.2) is 9.21 Å². The van der Waals surface area contributed by atoms with Gasteiger partial charge in [-0.15, -0.1) is 0 Å². The Kier molecular flexibility index (Phi) is 17.2. The van der Waals surface area contributed by atoms with Gasteiger partial charge in [-0.25, -0.2) is 34.9 Å². The summed E-state index contributed by atoms with van der Waals surface area (Å²) in [4.78, 5) is 29.6. The lowest BCUT2D eigenvalue weighted by atomic mass is 10.4. The number of nitrogen functional groups attached to an aromatic ring is 5. The molecule has 4 rings (SSSR count). The van der Waals surface area contributed by atoms with Gasteiger partial charge < -0.3 is 28.7 Å². The molecule has 0 radical (unpaired) electrons. The predicted octanol–water partition coefficient (Wildman–Crippen LogP) is 5.70. The first kappa shape index (κ1) is 39.2. The van der Waals surface area contributed by atoms with Crippen LogP contribution in [0.5, 0.6) is 0 Å². The molecule has 41 heavy (non-hydrogen) atoms. The van der Waals surface area contributed by atoms with E-state index >= 15 is 0 Å². The largest absolute Gasteiger partial charge is 0.382 e. The monoisotopic (exact) mass is 965 g/mol. The Hall–Kier alpha value is -1.82. The molecule has 0 saturated heterocycles. The van der Waals surface area contributed by atoms with Crippen LogP contribution in [0.1, 0.15) is 24.5 Å². The number of nitrogens with zero attached hydrogens (tertiary/aromatic N) is 8. The number of aryl methyl sites for hydroxylation is 3. The second-order valence-electron chi connectivity index (χ2n) is 6.90. The molecular weight excluding hydrogens is 945 g/mol. The van der Waals surface area contributed by atoms with Crippen LogP contribution >= 0.6 is 100 Å². The van der Waals surface area contributed by atoms with Crippen LogP contribution in [0.25, 0.3) is 0 Å². The smallest absolute Gasteiger partial charge is 0.270 e. The highest BCUT2D eigenvalue weighted by molar-refractivity contribution is 14.1. The minimum atomic E-state index is -1.26. The van der Waals surface area contributed by atoms with E-state index in [1.165, 1.54) is 6.92 Å². The van der Waals surface area contributed by atoms with Gasteiger partial charge >= 0.3 is 0 Å². The first-order valence-corrected chi connectivity index (χ1v) is 14.5. The van der Waals surface area contributed by atoms with Crippen LogP contribution in [0.4, 0.5) is 37.9 Å². The summed E-state index contributed by atoms with van der Waals surface area (Å²) in [5.41, 5.74) is 28.2. The molecular formula is C20H23Br2Cl2F2I2N13. The highest BCUT2D eigenvalue weighted by Gasteiger charge is 2.07. The zero-order valence-corrected chi connectivity index (χ0v) is 29.5. The fourth-order valence-electron chi connectivity index (χ4n) is 1.87. The third kappa shape index (κ3) is 12.9. The molecule has 0 aromatic carbocycles. The summed E-state index contributed by atoms with van der Waals surface area (Å²) in [6.45, 7) is 4.97. The second-order valence-corrected chi connectivity index (χ2v) is 11.2. The summed E-state index contributed by atoms with van der Waals surface area (Å²) in [5.74, 6) is -1.20. The highest BCUT2D eigenvalue weighted by Crippen LogP contribution is 2.21. The van der Waals surface area contributed by atoms with Crippen molar-refractivity contribution in [2.45, 2.75) is 28.2 Å². The summed E-state index contributed by atoms with van der Waals surface area (Å²) in [6, 6.07) is 0. The Morgan fingerprint density at radius 1 is 0.537 bits per heavy atom. The van der Waals surface area contributed by atoms with Gasteiger partial charge in [0.15, 0.2) is 21.9 Å². The summed E-state index contributed by atoms with van der Waals surface area (Å²) in [7, 11) is 0. The van der Waals surface area contributed by atoms with Gasteiger partial charge in [-0.05, 0) is 97.8 Å². The topological polar surface area (TPSA) is 233 Å². The summed E-state index contributed by atoms with van der Waals surface area (Å²) in [6.07, 6.45) is 0. The van der Waals surface area contributed by atoms with Crippen LogP contribution in [0.2, 0.25) is 10.3 Å². The number of rotatable bonds is 0. The summed E-state index contributed by atoms with van der Waals surface area (Å²) < 4.78 is 27.2. The molecule has 0 aliphatic heterocycles. The van der Waals surface area contributed by atoms with E-state index < -0.39 is 11.9 Å². The Morgan fingerprint density at radius 2 is 0.878 bits per heavy atom. The van der Waals surface area contributed by atoms with Crippen molar-refractivity contribution in [2.24, 2.45) is 0 Å². The Bertz CT molecular complexity index is 1080. The molecule has 0 atom stereocenters. The first-order valence-electron chi connectivity index (χ1n) is 10.0. The molecule has 0 bridgehead atoms. The third-order valence-electron chi connectivity index (χ3n) is 3.95. The molecule has 0 saturated carbocycles. The van der Waals surface area contributed by atoms with E-state index in [-0.39, 0.29) is 29.2 Å².